The molecule has 0 saturated carbocycles. The molecular weight excluding hydrogens is 384 g/mol. The van der Waals surface area contributed by atoms with Crippen molar-refractivity contribution in [3.63, 3.8) is 0 Å². The second kappa shape index (κ2) is 7.61. The summed E-state index contributed by atoms with van der Waals surface area (Å²) in [6, 6.07) is 12.0. The van der Waals surface area contributed by atoms with Crippen LogP contribution in [0.15, 0.2) is 48.5 Å². The summed E-state index contributed by atoms with van der Waals surface area (Å²) in [5, 5.41) is 18.9. The molecule has 8 nitrogen and oxygen atoms in total. The van der Waals surface area contributed by atoms with Gasteiger partial charge in [0.15, 0.2) is 5.78 Å². The predicted molar refractivity (Wildman–Crippen MR) is 104 cm³/mol. The van der Waals surface area contributed by atoms with E-state index in [0.717, 1.165) is 6.07 Å². The van der Waals surface area contributed by atoms with Crippen molar-refractivity contribution in [3.8, 4) is 5.69 Å². The molecule has 28 heavy (non-hydrogen) atoms. The summed E-state index contributed by atoms with van der Waals surface area (Å²) >= 11 is 5.81. The predicted octanol–water partition coefficient (Wildman–Crippen LogP) is 4.20. The summed E-state index contributed by atoms with van der Waals surface area (Å²) < 4.78 is 1.22. The average molecular weight is 399 g/mol. The molecule has 9 heteroatoms. The zero-order chi connectivity index (χ0) is 20.4. The van der Waals surface area contributed by atoms with Crippen molar-refractivity contribution in [1.29, 1.82) is 0 Å². The normalized spacial score (nSPS) is 10.5. The first kappa shape index (κ1) is 19.2. The highest BCUT2D eigenvalue weighted by atomic mass is 35.5. The van der Waals surface area contributed by atoms with Gasteiger partial charge in [-0.25, -0.2) is 4.68 Å². The monoisotopic (exact) mass is 398 g/mol. The van der Waals surface area contributed by atoms with E-state index < -0.39 is 10.8 Å². The van der Waals surface area contributed by atoms with Crippen molar-refractivity contribution in [2.75, 3.05) is 5.32 Å². The van der Waals surface area contributed by atoms with E-state index in [-0.39, 0.29) is 28.4 Å². The molecule has 2 aromatic carbocycles. The number of ketones is 1. The molecule has 3 rings (SSSR count). The number of benzene rings is 2. The van der Waals surface area contributed by atoms with Gasteiger partial charge < -0.3 is 5.32 Å². The molecule has 1 N–H and O–H groups in total. The summed E-state index contributed by atoms with van der Waals surface area (Å²) in [6.45, 7) is 3.04. The molecule has 0 radical (unpaired) electrons. The first-order valence-electron chi connectivity index (χ1n) is 8.19. The van der Waals surface area contributed by atoms with E-state index in [2.05, 4.69) is 10.4 Å². The Hall–Kier alpha value is -3.52. The molecule has 1 aromatic heterocycles. The average Bonchev–Trinajstić information content (AvgIpc) is 3.05. The number of hydrogen-bond acceptors (Lipinski definition) is 5. The van der Waals surface area contributed by atoms with Crippen LogP contribution in [0.2, 0.25) is 5.02 Å². The lowest BCUT2D eigenvalue weighted by molar-refractivity contribution is -0.384. The number of carbonyl (C=O) groups excluding carboxylic acids is 2. The van der Waals surface area contributed by atoms with Crippen LogP contribution in [0.1, 0.15) is 33.5 Å². The highest BCUT2D eigenvalue weighted by Gasteiger charge is 2.23. The number of anilines is 1. The van der Waals surface area contributed by atoms with E-state index >= 15 is 0 Å². The Morgan fingerprint density at radius 2 is 1.82 bits per heavy atom. The van der Waals surface area contributed by atoms with Gasteiger partial charge in [-0.05, 0) is 49.4 Å². The number of carbonyl (C=O) groups is 2. The number of hydrogen-bond donors (Lipinski definition) is 1. The summed E-state index contributed by atoms with van der Waals surface area (Å²) in [7, 11) is 0. The van der Waals surface area contributed by atoms with Gasteiger partial charge in [0, 0.05) is 29.3 Å². The van der Waals surface area contributed by atoms with Crippen LogP contribution < -0.4 is 5.32 Å². The third-order valence-electron chi connectivity index (χ3n) is 3.96. The van der Waals surface area contributed by atoms with Crippen molar-refractivity contribution >= 4 is 34.7 Å². The SMILES string of the molecule is CC(=O)c1cc(C)nn1-c1ccc(C(=O)Nc2ccc(Cl)cc2)cc1[N+](=O)[O-]. The summed E-state index contributed by atoms with van der Waals surface area (Å²) in [4.78, 5) is 35.3. The molecule has 0 unspecified atom stereocenters. The molecule has 1 amide bonds. The van der Waals surface area contributed by atoms with E-state index in [0.29, 0.717) is 16.4 Å². The van der Waals surface area contributed by atoms with Crippen LogP contribution in [0.5, 0.6) is 0 Å². The largest absolute Gasteiger partial charge is 0.322 e. The standard InChI is InChI=1S/C19H15ClN4O4/c1-11-9-17(12(2)25)23(22-11)16-8-3-13(10-18(16)24(27)28)19(26)21-15-6-4-14(20)5-7-15/h3-10H,1-2H3,(H,21,26). The first-order valence-corrected chi connectivity index (χ1v) is 8.57. The Labute approximate surface area is 164 Å². The number of aromatic nitrogens is 2. The van der Waals surface area contributed by atoms with Crippen molar-refractivity contribution in [2.24, 2.45) is 0 Å². The van der Waals surface area contributed by atoms with Crippen LogP contribution in [-0.4, -0.2) is 26.4 Å². The molecule has 0 saturated heterocycles. The van der Waals surface area contributed by atoms with Gasteiger partial charge in [0.25, 0.3) is 11.6 Å². The Kier molecular flexibility index (Phi) is 5.23. The minimum absolute atomic E-state index is 0.0960. The molecule has 1 heterocycles. The topological polar surface area (TPSA) is 107 Å². The van der Waals surface area contributed by atoms with Gasteiger partial charge in [-0.15, -0.1) is 0 Å². The molecule has 0 aliphatic carbocycles. The first-order chi connectivity index (χ1) is 13.3. The van der Waals surface area contributed by atoms with Crippen LogP contribution in [-0.2, 0) is 0 Å². The number of nitrogens with zero attached hydrogens (tertiary/aromatic N) is 3. The van der Waals surface area contributed by atoms with E-state index in [9.17, 15) is 19.7 Å². The highest BCUT2D eigenvalue weighted by molar-refractivity contribution is 6.30. The summed E-state index contributed by atoms with van der Waals surface area (Å²) in [5.74, 6) is -0.792. The van der Waals surface area contributed by atoms with Crippen molar-refractivity contribution in [2.45, 2.75) is 13.8 Å². The fraction of sp³-hybridized carbons (Fsp3) is 0.105. The summed E-state index contributed by atoms with van der Waals surface area (Å²) in [5.41, 5.74) is 1.13. The molecule has 0 aliphatic rings. The fourth-order valence-electron chi connectivity index (χ4n) is 2.66. The van der Waals surface area contributed by atoms with Gasteiger partial charge >= 0.3 is 0 Å². The van der Waals surface area contributed by atoms with Gasteiger partial charge in [-0.3, -0.25) is 19.7 Å². The number of Topliss-reactive ketones (excluding diaryl/α,β-unsaturated/α-hetero) is 1. The van der Waals surface area contributed by atoms with Crippen LogP contribution in [0.3, 0.4) is 0 Å². The molecule has 0 aliphatic heterocycles. The van der Waals surface area contributed by atoms with Gasteiger partial charge in [0.1, 0.15) is 11.4 Å². The van der Waals surface area contributed by atoms with Gasteiger partial charge in [-0.2, -0.15) is 5.10 Å². The van der Waals surface area contributed by atoms with Crippen molar-refractivity contribution < 1.29 is 14.5 Å². The van der Waals surface area contributed by atoms with Crippen LogP contribution in [0, 0.1) is 17.0 Å². The Balaban J connectivity index is 2.00. The molecule has 3 aromatic rings. The number of nitro benzene ring substituents is 1. The Morgan fingerprint density at radius 1 is 1.14 bits per heavy atom. The molecule has 0 bridgehead atoms. The summed E-state index contributed by atoms with van der Waals surface area (Å²) in [6.07, 6.45) is 0. The van der Waals surface area contributed by atoms with Crippen molar-refractivity contribution in [3.05, 3.63) is 80.6 Å². The second-order valence-corrected chi connectivity index (χ2v) is 6.50. The number of nitrogens with one attached hydrogen (secondary N) is 1. The maximum absolute atomic E-state index is 12.5. The molecule has 142 valence electrons. The van der Waals surface area contributed by atoms with E-state index in [1.165, 1.54) is 23.7 Å². The number of halogens is 1. The minimum atomic E-state index is -0.616. The van der Waals surface area contributed by atoms with Gasteiger partial charge in [0.05, 0.1) is 10.6 Å². The van der Waals surface area contributed by atoms with Gasteiger partial charge in [0.2, 0.25) is 0 Å². The second-order valence-electron chi connectivity index (χ2n) is 6.06. The minimum Gasteiger partial charge on any atom is -0.322 e. The number of nitro groups is 1. The number of amides is 1. The van der Waals surface area contributed by atoms with Crippen LogP contribution in [0.4, 0.5) is 11.4 Å². The number of rotatable bonds is 5. The Morgan fingerprint density at radius 3 is 2.43 bits per heavy atom. The maximum Gasteiger partial charge on any atom is 0.295 e. The number of aryl methyl sites for hydroxylation is 1. The lowest BCUT2D eigenvalue weighted by Crippen LogP contribution is -2.14. The lowest BCUT2D eigenvalue weighted by atomic mass is 10.1. The van der Waals surface area contributed by atoms with E-state index in [4.69, 9.17) is 11.6 Å². The third kappa shape index (κ3) is 3.91. The van der Waals surface area contributed by atoms with E-state index in [1.807, 2.05) is 0 Å². The molecule has 0 atom stereocenters. The van der Waals surface area contributed by atoms with Crippen LogP contribution in [0.25, 0.3) is 5.69 Å². The fourth-order valence-corrected chi connectivity index (χ4v) is 2.79. The van der Waals surface area contributed by atoms with Crippen LogP contribution >= 0.6 is 11.6 Å². The van der Waals surface area contributed by atoms with Crippen molar-refractivity contribution in [1.82, 2.24) is 9.78 Å². The lowest BCUT2D eigenvalue weighted by Gasteiger charge is -2.09. The van der Waals surface area contributed by atoms with E-state index in [1.54, 1.807) is 37.3 Å². The molecule has 0 spiro atoms. The maximum atomic E-state index is 12.5. The zero-order valence-corrected chi connectivity index (χ0v) is 15.7. The highest BCUT2D eigenvalue weighted by Crippen LogP contribution is 2.26. The zero-order valence-electron chi connectivity index (χ0n) is 15.0. The van der Waals surface area contributed by atoms with Gasteiger partial charge in [-0.1, -0.05) is 11.6 Å². The molecular formula is C19H15ClN4O4. The molecule has 0 fully saturated rings. The third-order valence-corrected chi connectivity index (χ3v) is 4.21. The quantitative estimate of drug-likeness (QED) is 0.393. The smallest absolute Gasteiger partial charge is 0.295 e. The Bertz CT molecular complexity index is 1090.